The van der Waals surface area contributed by atoms with E-state index < -0.39 is 6.16 Å². The van der Waals surface area contributed by atoms with Gasteiger partial charge in [0.15, 0.2) is 0 Å². The third kappa shape index (κ3) is 44.3. The molecule has 0 saturated carbocycles. The van der Waals surface area contributed by atoms with Crippen molar-refractivity contribution in [1.29, 1.82) is 0 Å². The molecule has 6 heavy (non-hydrogen) atoms. The zero-order chi connectivity index (χ0) is 3.58. The maximum Gasteiger partial charge on any atom is 2.00 e. The molecule has 0 aliphatic rings. The summed E-state index contributed by atoms with van der Waals surface area (Å²) in [7, 11) is 0. The Balaban J connectivity index is -0.0000000450. The van der Waals surface area contributed by atoms with Crippen molar-refractivity contribution in [3.05, 3.63) is 0 Å². The molecular weight excluding hydrogens is 123 g/mol. The molecule has 0 aliphatic carbocycles. The van der Waals surface area contributed by atoms with E-state index in [1.807, 2.05) is 0 Å². The van der Waals surface area contributed by atoms with Crippen LogP contribution in [0.15, 0.2) is 0 Å². The molecule has 24 valence electrons. The smallest absolute Gasteiger partial charge is 0.652 e. The zero-order valence-corrected chi connectivity index (χ0v) is 7.97. The Hall–Kier alpha value is 1.67. The summed E-state index contributed by atoms with van der Waals surface area (Å²) in [5, 5.41) is 16.7. The average molecular weight is 123 g/mol. The SMILES string of the molecule is O=C([O-])[O-].[K+].[Mg+2]. The van der Waals surface area contributed by atoms with E-state index in [0.717, 1.165) is 0 Å². The summed E-state index contributed by atoms with van der Waals surface area (Å²) in [6, 6.07) is 0. The summed E-state index contributed by atoms with van der Waals surface area (Å²) < 4.78 is 0. The van der Waals surface area contributed by atoms with Gasteiger partial charge in [0.25, 0.3) is 0 Å². The van der Waals surface area contributed by atoms with E-state index in [-0.39, 0.29) is 74.4 Å². The molecule has 3 nitrogen and oxygen atoms in total. The van der Waals surface area contributed by atoms with E-state index in [4.69, 9.17) is 15.0 Å². The maximum atomic E-state index is 8.33. The van der Waals surface area contributed by atoms with E-state index in [9.17, 15) is 0 Å². The third-order valence-corrected chi connectivity index (χ3v) is 0. The van der Waals surface area contributed by atoms with Gasteiger partial charge in [0, 0.05) is 0 Å². The summed E-state index contributed by atoms with van der Waals surface area (Å²) in [5.41, 5.74) is 0. The van der Waals surface area contributed by atoms with Gasteiger partial charge >= 0.3 is 74.4 Å². The Labute approximate surface area is 93.7 Å². The molecule has 0 heterocycles. The Morgan fingerprint density at radius 3 is 1.33 bits per heavy atom. The van der Waals surface area contributed by atoms with Crippen molar-refractivity contribution >= 4 is 29.2 Å². The Morgan fingerprint density at radius 2 is 1.33 bits per heavy atom. The topological polar surface area (TPSA) is 63.2 Å². The van der Waals surface area contributed by atoms with Gasteiger partial charge in [-0.05, 0) is 6.16 Å². The molecule has 0 unspecified atom stereocenters. The summed E-state index contributed by atoms with van der Waals surface area (Å²) in [5.74, 6) is 0. The van der Waals surface area contributed by atoms with Crippen molar-refractivity contribution in [2.24, 2.45) is 0 Å². The van der Waals surface area contributed by atoms with Crippen LogP contribution in [-0.4, -0.2) is 29.2 Å². The summed E-state index contributed by atoms with van der Waals surface area (Å²) in [6.45, 7) is 0. The second kappa shape index (κ2) is 9.83. The van der Waals surface area contributed by atoms with Crippen LogP contribution in [0.4, 0.5) is 4.79 Å². The van der Waals surface area contributed by atoms with Gasteiger partial charge in [0.2, 0.25) is 0 Å². The molecule has 0 N–H and O–H groups in total. The number of carboxylic acid groups (broad SMARTS) is 2. The monoisotopic (exact) mass is 123 g/mol. The molecule has 0 spiro atoms. The van der Waals surface area contributed by atoms with Crippen molar-refractivity contribution < 1.29 is 66.4 Å². The first-order valence-corrected chi connectivity index (χ1v) is 0.612. The van der Waals surface area contributed by atoms with Crippen molar-refractivity contribution in [2.75, 3.05) is 0 Å². The molecular formula is CKMgO3+. The van der Waals surface area contributed by atoms with Gasteiger partial charge in [-0.3, -0.25) is 0 Å². The summed E-state index contributed by atoms with van der Waals surface area (Å²) in [6.07, 6.45) is -2.33. The van der Waals surface area contributed by atoms with Gasteiger partial charge in [-0.1, -0.05) is 0 Å². The molecule has 0 saturated heterocycles. The second-order valence-electron chi connectivity index (χ2n) is 0.250. The van der Waals surface area contributed by atoms with Crippen LogP contribution in [-0.2, 0) is 0 Å². The fourth-order valence-corrected chi connectivity index (χ4v) is 0. The third-order valence-electron chi connectivity index (χ3n) is 0. The fraction of sp³-hybridized carbons (Fsp3) is 0. The molecule has 0 aromatic carbocycles. The Kier molecular flexibility index (Phi) is 25.6. The maximum absolute atomic E-state index is 8.33. The van der Waals surface area contributed by atoms with Gasteiger partial charge < -0.3 is 15.0 Å². The first-order chi connectivity index (χ1) is 1.73. The second-order valence-corrected chi connectivity index (χ2v) is 0.250. The Bertz CT molecular complexity index is 33.8. The van der Waals surface area contributed by atoms with Gasteiger partial charge in [0.1, 0.15) is 0 Å². The molecule has 5 heteroatoms. The molecule has 0 atom stereocenters. The van der Waals surface area contributed by atoms with E-state index in [1.54, 1.807) is 0 Å². The molecule has 0 aromatic heterocycles. The first-order valence-electron chi connectivity index (χ1n) is 0.612. The first kappa shape index (κ1) is 15.6. The molecule has 0 radical (unpaired) electrons. The molecule has 0 aromatic rings. The fourth-order valence-electron chi connectivity index (χ4n) is 0. The largest absolute Gasteiger partial charge is 2.00 e. The molecule has 0 amide bonds. The van der Waals surface area contributed by atoms with Crippen LogP contribution in [0.3, 0.4) is 0 Å². The average Bonchev–Trinajstić information content (AvgIpc) is 0.811. The van der Waals surface area contributed by atoms with Crippen LogP contribution in [0.5, 0.6) is 0 Å². The minimum absolute atomic E-state index is 0. The number of hydrogen-bond donors (Lipinski definition) is 0. The summed E-state index contributed by atoms with van der Waals surface area (Å²) >= 11 is 0. The van der Waals surface area contributed by atoms with Gasteiger partial charge in [-0.2, -0.15) is 0 Å². The van der Waals surface area contributed by atoms with Crippen molar-refractivity contribution in [1.82, 2.24) is 0 Å². The predicted octanol–water partition coefficient (Wildman–Crippen LogP) is -5.82. The molecule has 0 aliphatic heterocycles. The number of carbonyl (C=O) groups is 1. The summed E-state index contributed by atoms with van der Waals surface area (Å²) in [4.78, 5) is 8.33. The predicted molar refractivity (Wildman–Crippen MR) is 11.1 cm³/mol. The van der Waals surface area contributed by atoms with Crippen molar-refractivity contribution in [2.45, 2.75) is 0 Å². The van der Waals surface area contributed by atoms with Crippen LogP contribution in [0.2, 0.25) is 0 Å². The minimum Gasteiger partial charge on any atom is -0.652 e. The molecule has 0 fully saturated rings. The minimum atomic E-state index is -2.33. The van der Waals surface area contributed by atoms with Gasteiger partial charge in [-0.25, -0.2) is 0 Å². The number of hydrogen-bond acceptors (Lipinski definition) is 3. The van der Waals surface area contributed by atoms with Crippen LogP contribution < -0.4 is 61.6 Å². The zero-order valence-electron chi connectivity index (χ0n) is 3.43. The van der Waals surface area contributed by atoms with E-state index in [1.165, 1.54) is 0 Å². The quantitative estimate of drug-likeness (QED) is 0.302. The Morgan fingerprint density at radius 1 is 1.33 bits per heavy atom. The van der Waals surface area contributed by atoms with Gasteiger partial charge in [-0.15, -0.1) is 0 Å². The van der Waals surface area contributed by atoms with Crippen LogP contribution in [0, 0.1) is 0 Å². The van der Waals surface area contributed by atoms with Crippen molar-refractivity contribution in [3.8, 4) is 0 Å². The van der Waals surface area contributed by atoms with Crippen LogP contribution in [0.1, 0.15) is 0 Å². The van der Waals surface area contributed by atoms with Crippen LogP contribution >= 0.6 is 0 Å². The standard InChI is InChI=1S/CH2O3.K.Mg/c2-1(3)4;;/h(H2,2,3,4);;/q;+1;+2/p-2. The molecule has 0 rings (SSSR count). The normalized spacial score (nSPS) is 4.00. The molecule has 0 bridgehead atoms. The van der Waals surface area contributed by atoms with Gasteiger partial charge in [0.05, 0.1) is 0 Å². The van der Waals surface area contributed by atoms with E-state index in [0.29, 0.717) is 0 Å². The van der Waals surface area contributed by atoms with Crippen molar-refractivity contribution in [3.63, 3.8) is 0 Å². The number of carbonyl (C=O) groups excluding carboxylic acids is 1. The number of rotatable bonds is 0. The van der Waals surface area contributed by atoms with Crippen LogP contribution in [0.25, 0.3) is 0 Å². The van der Waals surface area contributed by atoms with E-state index in [2.05, 4.69) is 0 Å². The van der Waals surface area contributed by atoms with E-state index >= 15 is 0 Å².